The van der Waals surface area contributed by atoms with E-state index in [9.17, 15) is 9.59 Å². The third-order valence-corrected chi connectivity index (χ3v) is 7.52. The average Bonchev–Trinajstić information content (AvgIpc) is 3.63. The summed E-state index contributed by atoms with van der Waals surface area (Å²) in [5.41, 5.74) is 8.11. The Balaban J connectivity index is 0.965. The van der Waals surface area contributed by atoms with Crippen molar-refractivity contribution in [1.29, 1.82) is 0 Å². The minimum Gasteiger partial charge on any atom is -0.366 e. The van der Waals surface area contributed by atoms with Crippen LogP contribution < -0.4 is 10.6 Å². The maximum Gasteiger partial charge on any atom is 0.248 e. The third-order valence-electron chi connectivity index (χ3n) is 7.52. The molecule has 0 atom stereocenters. The van der Waals surface area contributed by atoms with Gasteiger partial charge in [-0.15, -0.1) is 0 Å². The summed E-state index contributed by atoms with van der Waals surface area (Å²) in [5, 5.41) is 1.10. The van der Waals surface area contributed by atoms with Crippen LogP contribution >= 0.6 is 0 Å². The Hall–Kier alpha value is -3.46. The highest BCUT2D eigenvalue weighted by molar-refractivity contribution is 5.97. The van der Waals surface area contributed by atoms with Gasteiger partial charge in [-0.25, -0.2) is 4.98 Å². The summed E-state index contributed by atoms with van der Waals surface area (Å²) in [6.07, 6.45) is 8.32. The minimum absolute atomic E-state index is 0.204. The highest BCUT2D eigenvalue weighted by Crippen LogP contribution is 2.38. The lowest BCUT2D eigenvalue weighted by atomic mass is 10.00. The Morgan fingerprint density at radius 2 is 1.80 bits per heavy atom. The van der Waals surface area contributed by atoms with E-state index in [4.69, 9.17) is 5.73 Å². The molecule has 0 unspecified atom stereocenters. The standard InChI is InChI=1S/C26H31N7O2/c27-26(35)21-4-3-20-5-6-33(23(20)11-21)16-18-14-30(15-18)17-25(34)32-9-7-31(8-10-32)24-13-28-22(12-29-24)19-1-2-19/h3-6,11-13,18-19H,1-2,7-10,14-17H2,(H2,27,35). The molecule has 9 heteroatoms. The molecular weight excluding hydrogens is 442 g/mol. The second-order valence-electron chi connectivity index (χ2n) is 10.1. The van der Waals surface area contributed by atoms with Gasteiger partial charge in [0.2, 0.25) is 11.8 Å². The summed E-state index contributed by atoms with van der Waals surface area (Å²) in [5.74, 6) is 1.81. The van der Waals surface area contributed by atoms with Crippen LogP contribution in [0.1, 0.15) is 34.8 Å². The number of likely N-dealkylation sites (tertiary alicyclic amines) is 1. The first-order valence-corrected chi connectivity index (χ1v) is 12.5. The van der Waals surface area contributed by atoms with Gasteiger partial charge in [0.15, 0.2) is 0 Å². The van der Waals surface area contributed by atoms with Gasteiger partial charge >= 0.3 is 0 Å². The van der Waals surface area contributed by atoms with Crippen molar-refractivity contribution in [1.82, 2.24) is 24.3 Å². The van der Waals surface area contributed by atoms with Gasteiger partial charge in [0.05, 0.1) is 24.6 Å². The second-order valence-corrected chi connectivity index (χ2v) is 10.1. The smallest absolute Gasteiger partial charge is 0.248 e. The van der Waals surface area contributed by atoms with Crippen molar-refractivity contribution in [2.75, 3.05) is 50.7 Å². The molecule has 1 saturated carbocycles. The van der Waals surface area contributed by atoms with Crippen molar-refractivity contribution in [3.05, 3.63) is 54.1 Å². The lowest BCUT2D eigenvalue weighted by Gasteiger charge is -2.41. The average molecular weight is 474 g/mol. The number of rotatable bonds is 7. The zero-order valence-electron chi connectivity index (χ0n) is 19.8. The van der Waals surface area contributed by atoms with Crippen molar-refractivity contribution in [2.24, 2.45) is 11.7 Å². The number of carbonyl (C=O) groups excluding carboxylic acids is 2. The molecule has 0 radical (unpaired) electrons. The maximum absolute atomic E-state index is 12.9. The monoisotopic (exact) mass is 473 g/mol. The molecule has 3 fully saturated rings. The van der Waals surface area contributed by atoms with Gasteiger partial charge in [0.25, 0.3) is 0 Å². The number of hydrogen-bond donors (Lipinski definition) is 1. The molecule has 6 rings (SSSR count). The molecule has 2 aliphatic heterocycles. The molecule has 1 aromatic carbocycles. The molecule has 2 saturated heterocycles. The molecule has 182 valence electrons. The fraction of sp³-hybridized carbons (Fsp3) is 0.462. The predicted molar refractivity (Wildman–Crippen MR) is 133 cm³/mol. The summed E-state index contributed by atoms with van der Waals surface area (Å²) < 4.78 is 2.19. The number of anilines is 1. The molecule has 35 heavy (non-hydrogen) atoms. The molecule has 9 nitrogen and oxygen atoms in total. The van der Waals surface area contributed by atoms with Crippen LogP contribution in [0, 0.1) is 5.92 Å². The molecule has 4 heterocycles. The lowest BCUT2D eigenvalue weighted by molar-refractivity contribution is -0.134. The van der Waals surface area contributed by atoms with Crippen molar-refractivity contribution >= 4 is 28.5 Å². The van der Waals surface area contributed by atoms with Gasteiger partial charge in [-0.1, -0.05) is 6.07 Å². The highest BCUT2D eigenvalue weighted by atomic mass is 16.2. The Bertz CT molecular complexity index is 1240. The molecule has 2 N–H and O–H groups in total. The van der Waals surface area contributed by atoms with Gasteiger partial charge in [-0.2, -0.15) is 0 Å². The van der Waals surface area contributed by atoms with E-state index < -0.39 is 5.91 Å². The number of amides is 2. The summed E-state index contributed by atoms with van der Waals surface area (Å²) in [6.45, 7) is 6.19. The minimum atomic E-state index is -0.409. The largest absolute Gasteiger partial charge is 0.366 e. The first kappa shape index (κ1) is 22.0. The van der Waals surface area contributed by atoms with Crippen LogP contribution in [-0.4, -0.2) is 82.0 Å². The van der Waals surface area contributed by atoms with Crippen LogP contribution in [0.5, 0.6) is 0 Å². The second kappa shape index (κ2) is 8.96. The fourth-order valence-corrected chi connectivity index (χ4v) is 5.26. The van der Waals surface area contributed by atoms with E-state index in [1.807, 2.05) is 29.4 Å². The number of hydrogen-bond acceptors (Lipinski definition) is 6. The first-order chi connectivity index (χ1) is 17.0. The maximum atomic E-state index is 12.9. The van der Waals surface area contributed by atoms with Crippen molar-refractivity contribution in [3.63, 3.8) is 0 Å². The molecule has 2 amide bonds. The quantitative estimate of drug-likeness (QED) is 0.561. The Morgan fingerprint density at radius 3 is 2.49 bits per heavy atom. The topological polar surface area (TPSA) is 101 Å². The molecule has 0 spiro atoms. The summed E-state index contributed by atoms with van der Waals surface area (Å²) in [7, 11) is 0. The fourth-order valence-electron chi connectivity index (χ4n) is 5.26. The number of aromatic nitrogens is 3. The van der Waals surface area contributed by atoms with E-state index in [2.05, 4.69) is 36.6 Å². The highest BCUT2D eigenvalue weighted by Gasteiger charge is 2.31. The van der Waals surface area contributed by atoms with Crippen LogP contribution in [0.25, 0.3) is 10.9 Å². The summed E-state index contributed by atoms with van der Waals surface area (Å²) in [6, 6.07) is 7.63. The van der Waals surface area contributed by atoms with Gasteiger partial charge in [0.1, 0.15) is 5.82 Å². The van der Waals surface area contributed by atoms with Crippen molar-refractivity contribution in [2.45, 2.75) is 25.3 Å². The van der Waals surface area contributed by atoms with E-state index in [-0.39, 0.29) is 5.91 Å². The molecule has 2 aromatic heterocycles. The Morgan fingerprint density at radius 1 is 1.00 bits per heavy atom. The van der Waals surface area contributed by atoms with Crippen molar-refractivity contribution in [3.8, 4) is 0 Å². The lowest BCUT2D eigenvalue weighted by Crippen LogP contribution is -2.55. The molecule has 3 aromatic rings. The van der Waals surface area contributed by atoms with Crippen LogP contribution in [0.2, 0.25) is 0 Å². The number of primary amides is 1. The van der Waals surface area contributed by atoms with E-state index in [1.165, 1.54) is 12.8 Å². The van der Waals surface area contributed by atoms with E-state index in [0.29, 0.717) is 23.9 Å². The molecule has 3 aliphatic rings. The van der Waals surface area contributed by atoms with E-state index in [1.54, 1.807) is 6.07 Å². The number of benzene rings is 1. The van der Waals surface area contributed by atoms with Crippen LogP contribution in [0.4, 0.5) is 5.82 Å². The zero-order chi connectivity index (χ0) is 23.9. The summed E-state index contributed by atoms with van der Waals surface area (Å²) in [4.78, 5) is 40.0. The van der Waals surface area contributed by atoms with Crippen LogP contribution in [-0.2, 0) is 11.3 Å². The third kappa shape index (κ3) is 4.60. The van der Waals surface area contributed by atoms with E-state index >= 15 is 0 Å². The van der Waals surface area contributed by atoms with Crippen LogP contribution in [0.15, 0.2) is 42.9 Å². The number of fused-ring (bicyclic) bond motifs is 1. The molecule has 1 aliphatic carbocycles. The zero-order valence-corrected chi connectivity index (χ0v) is 19.8. The number of carbonyl (C=O) groups is 2. The normalized spacial score (nSPS) is 19.2. The number of nitrogens with zero attached hydrogens (tertiary/aromatic N) is 6. The Kier molecular flexibility index (Phi) is 5.64. The van der Waals surface area contributed by atoms with Gasteiger partial charge in [-0.3, -0.25) is 19.5 Å². The van der Waals surface area contributed by atoms with Gasteiger partial charge in [0, 0.05) is 74.9 Å². The van der Waals surface area contributed by atoms with Gasteiger partial charge < -0.3 is 20.1 Å². The molecular formula is C26H31N7O2. The predicted octanol–water partition coefficient (Wildman–Crippen LogP) is 1.69. The van der Waals surface area contributed by atoms with E-state index in [0.717, 1.165) is 68.2 Å². The van der Waals surface area contributed by atoms with Crippen LogP contribution in [0.3, 0.4) is 0 Å². The molecule has 0 bridgehead atoms. The Labute approximate surface area is 204 Å². The van der Waals surface area contributed by atoms with Gasteiger partial charge in [-0.05, 0) is 36.4 Å². The summed E-state index contributed by atoms with van der Waals surface area (Å²) >= 11 is 0. The van der Waals surface area contributed by atoms with Crippen molar-refractivity contribution < 1.29 is 9.59 Å². The number of nitrogens with two attached hydrogens (primary N) is 1. The first-order valence-electron chi connectivity index (χ1n) is 12.5. The number of piperazine rings is 1. The SMILES string of the molecule is NC(=O)c1ccc2ccn(CC3CN(CC(=O)N4CCN(c5cnc(C6CC6)cn5)CC4)C3)c2c1.